The Morgan fingerprint density at radius 3 is 1.41 bits per heavy atom. The van der Waals surface area contributed by atoms with E-state index in [1.807, 2.05) is 0 Å². The van der Waals surface area contributed by atoms with Gasteiger partial charge in [0.2, 0.25) is 70.9 Å². The molecule has 1 heterocycles. The number of amides is 12. The molecular weight excluding hydrogens is 1340 g/mol. The van der Waals surface area contributed by atoms with Crippen molar-refractivity contribution < 1.29 is 67.4 Å². The van der Waals surface area contributed by atoms with Gasteiger partial charge < -0.3 is 109 Å². The molecule has 2 unspecified atom stereocenters. The van der Waals surface area contributed by atoms with Crippen LogP contribution >= 0.6 is 21.6 Å². The van der Waals surface area contributed by atoms with E-state index in [9.17, 15) is 67.4 Å². The fraction of sp³-hybridized carbons (Fsp3) is 0.645. The zero-order chi connectivity index (χ0) is 74.4. The van der Waals surface area contributed by atoms with Crippen LogP contribution in [0.2, 0.25) is 0 Å². The number of carbonyl (C=O) groups excluding carboxylic acids is 12. The molecule has 0 bridgehead atoms. The summed E-state index contributed by atoms with van der Waals surface area (Å²) in [6.07, 6.45) is 3.50. The Hall–Kier alpha value is -9.20. The fourth-order valence-corrected chi connectivity index (χ4v) is 12.9. The van der Waals surface area contributed by atoms with Crippen LogP contribution in [0.25, 0.3) is 0 Å². The minimum absolute atomic E-state index is 0.000822. The van der Waals surface area contributed by atoms with E-state index in [2.05, 4.69) is 73.5 Å². The Morgan fingerprint density at radius 2 is 0.930 bits per heavy atom. The van der Waals surface area contributed by atoms with Crippen LogP contribution in [-0.2, 0) is 68.7 Å². The molecule has 1 aliphatic heterocycles. The highest BCUT2D eigenvalue weighted by atomic mass is 33.1. The highest BCUT2D eigenvalue weighted by Crippen LogP contribution is 2.28. The zero-order valence-corrected chi connectivity index (χ0v) is 58.8. The lowest BCUT2D eigenvalue weighted by molar-refractivity contribution is -0.142. The van der Waals surface area contributed by atoms with Crippen LogP contribution in [0, 0.1) is 17.8 Å². The van der Waals surface area contributed by atoms with Crippen LogP contribution in [0.1, 0.15) is 130 Å². The van der Waals surface area contributed by atoms with Crippen molar-refractivity contribution in [3.63, 3.8) is 0 Å². The first-order valence-corrected chi connectivity index (χ1v) is 35.9. The van der Waals surface area contributed by atoms with Crippen molar-refractivity contribution >= 4 is 116 Å². The Bertz CT molecular complexity index is 3010. The maximum absolute atomic E-state index is 14.8. The number of nitrogens with zero attached hydrogens (tertiary/aromatic N) is 3. The van der Waals surface area contributed by atoms with Crippen molar-refractivity contribution in [2.75, 3.05) is 44.2 Å². The van der Waals surface area contributed by atoms with Crippen molar-refractivity contribution in [1.29, 1.82) is 0 Å². The van der Waals surface area contributed by atoms with Crippen molar-refractivity contribution in [3.05, 3.63) is 35.9 Å². The van der Waals surface area contributed by atoms with Gasteiger partial charge in [-0.1, -0.05) is 125 Å². The van der Waals surface area contributed by atoms with Crippen molar-refractivity contribution in [1.82, 2.24) is 58.5 Å². The van der Waals surface area contributed by atoms with Gasteiger partial charge in [0, 0.05) is 37.6 Å². The summed E-state index contributed by atoms with van der Waals surface area (Å²) >= 11 is 0. The van der Waals surface area contributed by atoms with Crippen LogP contribution in [-0.4, -0.2) is 204 Å². The molecule has 3 rings (SSSR count). The number of nitrogens with one attached hydrogen (secondary N) is 11. The molecule has 1 aliphatic carbocycles. The van der Waals surface area contributed by atoms with Crippen LogP contribution in [0.15, 0.2) is 45.3 Å². The molecule has 1 aromatic rings. The van der Waals surface area contributed by atoms with Gasteiger partial charge >= 0.3 is 5.97 Å². The minimum Gasteiger partial charge on any atom is -0.481 e. The average molecular weight is 1450 g/mol. The number of guanidine groups is 3. The van der Waals surface area contributed by atoms with E-state index in [4.69, 9.17) is 45.9 Å². The standard InChI is InChI=1S/C62H104N22O14S2/c1-5-33(3)48-58(97)80-42(27-36-18-11-8-12-19-36)56(95)77-39(21-14-24-72-61(67)68)53(92)82-44(50(64)89)32-100-99-31-37(63)51(90)79-41(26-35-16-9-7-10-17-35)52(91)75-29-45(85)74-30-46(86)76-38(20-13-23-71-60(65)66)54(93)83-49(34(4)6-2)59(98)81-43(28-47(87)88)57(96)78-40(55(94)84-48)22-15-25-73-62(69)70/h8,11-12,18-19,33-35,37-44,48-49H,5-7,9-10,13-17,20-32,63H2,1-4H3,(H2,64,89)(H,74,85)(H,75,91)(H,76,86)(H,77,95)(H,78,96)(H,79,90)(H,80,97)(H,81,98)(H,82,92)(H,83,93)(H,84,94)(H,87,88)(H4,65,66,71)(H4,67,68,72)(H4,69,70,73)/t33?,34?,37-,38-,39-,40-,41-,42-,43-,44-,48-,49-/m0/s1. The zero-order valence-electron chi connectivity index (χ0n) is 57.2. The Kier molecular flexibility index (Phi) is 38.7. The Morgan fingerprint density at radius 1 is 0.500 bits per heavy atom. The van der Waals surface area contributed by atoms with E-state index >= 15 is 0 Å². The van der Waals surface area contributed by atoms with Gasteiger partial charge in [-0.2, -0.15) is 0 Å². The highest BCUT2D eigenvalue weighted by Gasteiger charge is 2.38. The number of nitrogens with two attached hydrogens (primary N) is 8. The quantitative estimate of drug-likeness (QED) is 0.0211. The Labute approximate surface area is 589 Å². The number of rotatable bonds is 23. The first-order valence-electron chi connectivity index (χ1n) is 33.4. The third-order valence-corrected chi connectivity index (χ3v) is 19.1. The van der Waals surface area contributed by atoms with Crippen LogP contribution in [0.3, 0.4) is 0 Å². The summed E-state index contributed by atoms with van der Waals surface area (Å²) in [4.78, 5) is 193. The van der Waals surface area contributed by atoms with Gasteiger partial charge in [0.15, 0.2) is 17.9 Å². The van der Waals surface area contributed by atoms with Crippen LogP contribution in [0.4, 0.5) is 0 Å². The Balaban J connectivity index is 2.19. The molecule has 1 saturated heterocycles. The molecule has 100 heavy (non-hydrogen) atoms. The molecule has 0 spiro atoms. The second-order valence-corrected chi connectivity index (χ2v) is 27.2. The van der Waals surface area contributed by atoms with E-state index < -0.39 is 169 Å². The molecule has 28 N–H and O–H groups in total. The van der Waals surface area contributed by atoms with Gasteiger partial charge in [-0.15, -0.1) is 0 Å². The first kappa shape index (κ1) is 85.0. The molecule has 0 radical (unpaired) electrons. The second kappa shape index (κ2) is 45.5. The maximum Gasteiger partial charge on any atom is 0.305 e. The molecular formula is C62H104N22O14S2. The summed E-state index contributed by atoms with van der Waals surface area (Å²) in [5.41, 5.74) is 46.0. The third kappa shape index (κ3) is 32.6. The largest absolute Gasteiger partial charge is 0.481 e. The summed E-state index contributed by atoms with van der Waals surface area (Å²) in [5, 5.41) is 38.4. The minimum atomic E-state index is -1.93. The number of carbonyl (C=O) groups is 13. The topological polar surface area (TPSA) is 620 Å². The molecule has 558 valence electrons. The number of primary amides is 1. The van der Waals surface area contributed by atoms with E-state index in [-0.39, 0.29) is 119 Å². The molecule has 12 atom stereocenters. The molecule has 2 fully saturated rings. The van der Waals surface area contributed by atoms with Crippen LogP contribution in [0.5, 0.6) is 0 Å². The van der Waals surface area contributed by atoms with Crippen molar-refractivity contribution in [3.8, 4) is 0 Å². The lowest BCUT2D eigenvalue weighted by Crippen LogP contribution is -2.62. The SMILES string of the molecule is CCC(C)[C@@H]1NC(=O)[C@H](CCCN=C(N)N)NC(=O)CNC(=O)CNC(=O)[C@H](CC2CCCCC2)NC(=O)[C@@H](N)CSSC[C@@H](C(N)=O)NC(=O)[C@H](CCCN=C(N)N)NC(=O)[C@H](Cc2ccccc2)NC(=O)[C@H](C(C)CC)NC(=O)[C@H](CCCN=C(N)N)NC(=O)[C@H](CC(=O)O)NC1=O. The molecule has 1 aromatic carbocycles. The first-order chi connectivity index (χ1) is 47.4. The van der Waals surface area contributed by atoms with Crippen LogP contribution < -0.4 is 104 Å². The fourth-order valence-electron chi connectivity index (χ4n) is 10.6. The molecule has 0 aromatic heterocycles. The smallest absolute Gasteiger partial charge is 0.305 e. The number of carboxylic acid groups (broad SMARTS) is 1. The third-order valence-electron chi connectivity index (χ3n) is 16.6. The van der Waals surface area contributed by atoms with Gasteiger partial charge in [-0.25, -0.2) is 0 Å². The maximum atomic E-state index is 14.8. The predicted octanol–water partition coefficient (Wildman–Crippen LogP) is -5.27. The van der Waals surface area contributed by atoms with Gasteiger partial charge in [0.1, 0.15) is 54.4 Å². The normalized spacial score (nSPS) is 24.8. The van der Waals surface area contributed by atoms with Gasteiger partial charge in [-0.05, 0) is 68.3 Å². The molecule has 38 heteroatoms. The number of aliphatic imine (C=N–C) groups is 3. The lowest BCUT2D eigenvalue weighted by Gasteiger charge is -2.30. The summed E-state index contributed by atoms with van der Waals surface area (Å²) in [6.45, 7) is 5.14. The number of hydrogen-bond acceptors (Lipinski definition) is 19. The van der Waals surface area contributed by atoms with Gasteiger partial charge in [0.25, 0.3) is 0 Å². The number of carboxylic acids is 1. The van der Waals surface area contributed by atoms with E-state index in [1.165, 1.54) is 0 Å². The van der Waals surface area contributed by atoms with Gasteiger partial charge in [0.05, 0.1) is 25.6 Å². The summed E-state index contributed by atoms with van der Waals surface area (Å²) in [6, 6.07) is -6.12. The molecule has 1 saturated carbocycles. The van der Waals surface area contributed by atoms with E-state index in [1.54, 1.807) is 58.0 Å². The molecule has 12 amide bonds. The number of aliphatic carboxylic acids is 1. The summed E-state index contributed by atoms with van der Waals surface area (Å²) in [5.74, 6) is -15.0. The second-order valence-electron chi connectivity index (χ2n) is 24.7. The lowest BCUT2D eigenvalue weighted by atomic mass is 9.84. The van der Waals surface area contributed by atoms with E-state index in [0.717, 1.165) is 53.7 Å². The van der Waals surface area contributed by atoms with Gasteiger partial charge in [-0.3, -0.25) is 77.3 Å². The highest BCUT2D eigenvalue weighted by molar-refractivity contribution is 8.76. The van der Waals surface area contributed by atoms with E-state index in [0.29, 0.717) is 5.56 Å². The number of benzene rings is 1. The van der Waals surface area contributed by atoms with Crippen molar-refractivity contribution in [2.24, 2.45) is 78.6 Å². The summed E-state index contributed by atoms with van der Waals surface area (Å²) in [7, 11) is 2.08. The summed E-state index contributed by atoms with van der Waals surface area (Å²) < 4.78 is 0. The number of hydrogen-bond donors (Lipinski definition) is 20. The predicted molar refractivity (Wildman–Crippen MR) is 378 cm³/mol. The average Bonchev–Trinajstić information content (AvgIpc) is 0.853. The monoisotopic (exact) mass is 1440 g/mol. The molecule has 36 nitrogen and oxygen atoms in total. The van der Waals surface area contributed by atoms with Crippen molar-refractivity contribution in [2.45, 2.75) is 191 Å². The molecule has 2 aliphatic rings.